The standard InChI is InChI=1S/C15H16ClN3S/c1-10-3-4-13-12(7-10)18-14(8-16)19(13)6-5-15-17-11(2)9-20-15/h3-4,7,9H,5-6,8H2,1-2H3. The first kappa shape index (κ1) is 13.6. The molecule has 0 aliphatic heterocycles. The first-order valence-electron chi connectivity index (χ1n) is 6.60. The van der Waals surface area contributed by atoms with Crippen LogP contribution in [-0.4, -0.2) is 14.5 Å². The number of nitrogens with zero attached hydrogens (tertiary/aromatic N) is 3. The SMILES string of the molecule is Cc1ccc2c(c1)nc(CCl)n2CCc1nc(C)cs1. The van der Waals surface area contributed by atoms with Crippen LogP contribution in [0.2, 0.25) is 0 Å². The van der Waals surface area contributed by atoms with Gasteiger partial charge < -0.3 is 4.57 Å². The summed E-state index contributed by atoms with van der Waals surface area (Å²) in [5, 5.41) is 3.25. The molecule has 2 heterocycles. The van der Waals surface area contributed by atoms with Crippen molar-refractivity contribution in [1.82, 2.24) is 14.5 Å². The molecular weight excluding hydrogens is 290 g/mol. The van der Waals surface area contributed by atoms with Crippen LogP contribution < -0.4 is 0 Å². The molecule has 0 N–H and O–H groups in total. The van der Waals surface area contributed by atoms with Crippen molar-refractivity contribution in [3.05, 3.63) is 45.7 Å². The molecule has 0 atom stereocenters. The van der Waals surface area contributed by atoms with Gasteiger partial charge in [0, 0.05) is 24.0 Å². The summed E-state index contributed by atoms with van der Waals surface area (Å²) in [6.45, 7) is 4.98. The second-order valence-corrected chi connectivity index (χ2v) is 6.15. The number of hydrogen-bond donors (Lipinski definition) is 0. The van der Waals surface area contributed by atoms with E-state index in [4.69, 9.17) is 11.6 Å². The molecule has 3 rings (SSSR count). The first-order chi connectivity index (χ1) is 9.67. The Kier molecular flexibility index (Phi) is 3.76. The van der Waals surface area contributed by atoms with Crippen molar-refractivity contribution in [2.75, 3.05) is 0 Å². The zero-order valence-electron chi connectivity index (χ0n) is 11.6. The van der Waals surface area contributed by atoms with Crippen molar-refractivity contribution in [1.29, 1.82) is 0 Å². The summed E-state index contributed by atoms with van der Waals surface area (Å²) in [4.78, 5) is 9.14. The van der Waals surface area contributed by atoms with E-state index in [1.54, 1.807) is 11.3 Å². The van der Waals surface area contributed by atoms with Gasteiger partial charge in [0.15, 0.2) is 0 Å². The normalized spacial score (nSPS) is 11.3. The lowest BCUT2D eigenvalue weighted by molar-refractivity contribution is 0.685. The minimum atomic E-state index is 0.435. The van der Waals surface area contributed by atoms with Crippen molar-refractivity contribution < 1.29 is 0 Å². The van der Waals surface area contributed by atoms with Gasteiger partial charge in [-0.05, 0) is 31.5 Å². The van der Waals surface area contributed by atoms with Gasteiger partial charge in [-0.2, -0.15) is 0 Å². The molecular formula is C15H16ClN3S. The third-order valence-electron chi connectivity index (χ3n) is 3.32. The predicted octanol–water partition coefficient (Wildman–Crippen LogP) is 4.09. The fourth-order valence-electron chi connectivity index (χ4n) is 2.37. The molecule has 20 heavy (non-hydrogen) atoms. The quantitative estimate of drug-likeness (QED) is 0.680. The molecule has 2 aromatic heterocycles. The molecule has 104 valence electrons. The lowest BCUT2D eigenvalue weighted by Gasteiger charge is -2.06. The minimum Gasteiger partial charge on any atom is -0.327 e. The Morgan fingerprint density at radius 1 is 1.25 bits per heavy atom. The maximum absolute atomic E-state index is 6.03. The van der Waals surface area contributed by atoms with Crippen molar-refractivity contribution in [2.45, 2.75) is 32.7 Å². The number of rotatable bonds is 4. The summed E-state index contributed by atoms with van der Waals surface area (Å²) < 4.78 is 2.21. The van der Waals surface area contributed by atoms with Crippen LogP contribution in [0.15, 0.2) is 23.6 Å². The summed E-state index contributed by atoms with van der Waals surface area (Å²) in [5.74, 6) is 1.37. The van der Waals surface area contributed by atoms with Crippen LogP contribution >= 0.6 is 22.9 Å². The molecule has 0 aliphatic rings. The number of aryl methyl sites for hydroxylation is 4. The largest absolute Gasteiger partial charge is 0.327 e. The lowest BCUT2D eigenvalue weighted by atomic mass is 10.2. The Balaban J connectivity index is 1.93. The van der Waals surface area contributed by atoms with Crippen LogP contribution in [0.1, 0.15) is 22.1 Å². The number of aromatic nitrogens is 3. The third-order valence-corrected chi connectivity index (χ3v) is 4.58. The topological polar surface area (TPSA) is 30.7 Å². The van der Waals surface area contributed by atoms with Crippen molar-refractivity contribution in [3.63, 3.8) is 0 Å². The summed E-state index contributed by atoms with van der Waals surface area (Å²) in [5.41, 5.74) is 4.49. The molecule has 0 saturated heterocycles. The molecule has 3 nitrogen and oxygen atoms in total. The Morgan fingerprint density at radius 2 is 2.10 bits per heavy atom. The maximum Gasteiger partial charge on any atom is 0.124 e. The van der Waals surface area contributed by atoms with E-state index in [0.717, 1.165) is 40.5 Å². The van der Waals surface area contributed by atoms with Gasteiger partial charge in [-0.15, -0.1) is 22.9 Å². The van der Waals surface area contributed by atoms with E-state index in [9.17, 15) is 0 Å². The molecule has 0 bridgehead atoms. The highest BCUT2D eigenvalue weighted by molar-refractivity contribution is 7.09. The van der Waals surface area contributed by atoms with Crippen molar-refractivity contribution >= 4 is 34.0 Å². The summed E-state index contributed by atoms with van der Waals surface area (Å²) in [6.07, 6.45) is 0.918. The van der Waals surface area contributed by atoms with Crippen LogP contribution in [0, 0.1) is 13.8 Å². The van der Waals surface area contributed by atoms with E-state index in [2.05, 4.69) is 45.0 Å². The Bertz CT molecular complexity index is 745. The monoisotopic (exact) mass is 305 g/mol. The highest BCUT2D eigenvalue weighted by Crippen LogP contribution is 2.20. The molecule has 0 spiro atoms. The van der Waals surface area contributed by atoms with E-state index in [-0.39, 0.29) is 0 Å². The summed E-state index contributed by atoms with van der Waals surface area (Å²) >= 11 is 7.75. The molecule has 0 aliphatic carbocycles. The molecule has 0 fully saturated rings. The fourth-order valence-corrected chi connectivity index (χ4v) is 3.34. The number of fused-ring (bicyclic) bond motifs is 1. The smallest absolute Gasteiger partial charge is 0.124 e. The van der Waals surface area contributed by atoms with E-state index in [0.29, 0.717) is 5.88 Å². The third kappa shape index (κ3) is 2.58. The number of hydrogen-bond acceptors (Lipinski definition) is 3. The summed E-state index contributed by atoms with van der Waals surface area (Å²) in [6, 6.07) is 6.35. The Labute approximate surface area is 127 Å². The van der Waals surface area contributed by atoms with Crippen LogP contribution in [0.3, 0.4) is 0 Å². The van der Waals surface area contributed by atoms with E-state index < -0.39 is 0 Å². The van der Waals surface area contributed by atoms with Crippen LogP contribution in [0.5, 0.6) is 0 Å². The highest BCUT2D eigenvalue weighted by Gasteiger charge is 2.10. The number of imidazole rings is 1. The van der Waals surface area contributed by atoms with E-state index >= 15 is 0 Å². The highest BCUT2D eigenvalue weighted by atomic mass is 35.5. The average molecular weight is 306 g/mol. The summed E-state index contributed by atoms with van der Waals surface area (Å²) in [7, 11) is 0. The van der Waals surface area contributed by atoms with Gasteiger partial charge >= 0.3 is 0 Å². The molecule has 5 heteroatoms. The zero-order valence-corrected chi connectivity index (χ0v) is 13.1. The second kappa shape index (κ2) is 5.54. The molecule has 0 radical (unpaired) electrons. The number of halogens is 1. The molecule has 3 aromatic rings. The lowest BCUT2D eigenvalue weighted by Crippen LogP contribution is -2.05. The number of benzene rings is 1. The van der Waals surface area contributed by atoms with Gasteiger partial charge in [-0.3, -0.25) is 0 Å². The Morgan fingerprint density at radius 3 is 2.80 bits per heavy atom. The molecule has 1 aromatic carbocycles. The van der Waals surface area contributed by atoms with Gasteiger partial charge in [0.1, 0.15) is 5.82 Å². The first-order valence-corrected chi connectivity index (χ1v) is 8.01. The van der Waals surface area contributed by atoms with E-state index in [1.807, 2.05) is 6.92 Å². The van der Waals surface area contributed by atoms with Gasteiger partial charge in [-0.1, -0.05) is 6.07 Å². The van der Waals surface area contributed by atoms with Crippen LogP contribution in [0.25, 0.3) is 11.0 Å². The number of alkyl halides is 1. The fraction of sp³-hybridized carbons (Fsp3) is 0.333. The van der Waals surface area contributed by atoms with Gasteiger partial charge in [0.05, 0.1) is 21.9 Å². The zero-order chi connectivity index (χ0) is 14.1. The number of thiazole rings is 1. The average Bonchev–Trinajstić information content (AvgIpc) is 2.99. The maximum atomic E-state index is 6.03. The van der Waals surface area contributed by atoms with Gasteiger partial charge in [-0.25, -0.2) is 9.97 Å². The Hall–Kier alpha value is -1.39. The van der Waals surface area contributed by atoms with Crippen molar-refractivity contribution in [2.24, 2.45) is 0 Å². The molecule has 0 amide bonds. The predicted molar refractivity (Wildman–Crippen MR) is 84.6 cm³/mol. The van der Waals surface area contributed by atoms with Gasteiger partial charge in [0.2, 0.25) is 0 Å². The molecule has 0 unspecified atom stereocenters. The van der Waals surface area contributed by atoms with Gasteiger partial charge in [0.25, 0.3) is 0 Å². The van der Waals surface area contributed by atoms with Crippen molar-refractivity contribution in [3.8, 4) is 0 Å². The minimum absolute atomic E-state index is 0.435. The van der Waals surface area contributed by atoms with Crippen LogP contribution in [-0.2, 0) is 18.8 Å². The molecule has 0 saturated carbocycles. The van der Waals surface area contributed by atoms with Crippen LogP contribution in [0.4, 0.5) is 0 Å². The van der Waals surface area contributed by atoms with E-state index in [1.165, 1.54) is 5.56 Å². The second-order valence-electron chi connectivity index (χ2n) is 4.94.